The fourth-order valence-corrected chi connectivity index (χ4v) is 4.10. The summed E-state index contributed by atoms with van der Waals surface area (Å²) in [5.41, 5.74) is 1.01. The van der Waals surface area contributed by atoms with Gasteiger partial charge in [-0.05, 0) is 39.6 Å². The molecule has 28 heavy (non-hydrogen) atoms. The topological polar surface area (TPSA) is 86.7 Å². The molecule has 0 saturated carbocycles. The molecular formula is C20H22O6S2. The molecule has 3 aromatic carbocycles. The van der Waals surface area contributed by atoms with Gasteiger partial charge in [0.25, 0.3) is 20.2 Å². The maximum Gasteiger partial charge on any atom is 0.264 e. The van der Waals surface area contributed by atoms with Crippen LogP contribution in [0.15, 0.2) is 54.6 Å². The zero-order chi connectivity index (χ0) is 20.4. The Balaban J connectivity index is 2.03. The van der Waals surface area contributed by atoms with Crippen LogP contribution in [0.5, 0.6) is 0 Å². The maximum absolute atomic E-state index is 11.4. The van der Waals surface area contributed by atoms with Gasteiger partial charge in [0.05, 0.1) is 25.7 Å². The van der Waals surface area contributed by atoms with Crippen LogP contribution in [0.4, 0.5) is 0 Å². The van der Waals surface area contributed by atoms with Gasteiger partial charge in [-0.25, -0.2) is 0 Å². The van der Waals surface area contributed by atoms with Gasteiger partial charge in [-0.1, -0.05) is 48.5 Å². The molecule has 150 valence electrons. The third-order valence-corrected chi connectivity index (χ3v) is 5.54. The van der Waals surface area contributed by atoms with Crippen LogP contribution in [-0.2, 0) is 35.0 Å². The van der Waals surface area contributed by atoms with E-state index in [1.807, 2.05) is 48.5 Å². The molecule has 0 aliphatic carbocycles. The smallest absolute Gasteiger partial charge is 0.264 e. The minimum absolute atomic E-state index is 0.161. The number of rotatable bonds is 8. The second-order valence-electron chi connectivity index (χ2n) is 6.84. The molecule has 0 spiro atoms. The van der Waals surface area contributed by atoms with Gasteiger partial charge in [0, 0.05) is 5.92 Å². The van der Waals surface area contributed by atoms with E-state index in [0.29, 0.717) is 6.42 Å². The molecule has 6 nitrogen and oxygen atoms in total. The Hall–Kier alpha value is -2.00. The molecule has 0 unspecified atom stereocenters. The molecule has 0 heterocycles. The fraction of sp³-hybridized carbons (Fsp3) is 0.300. The van der Waals surface area contributed by atoms with Crippen molar-refractivity contribution in [3.63, 3.8) is 0 Å². The first-order valence-corrected chi connectivity index (χ1v) is 12.3. The highest BCUT2D eigenvalue weighted by Gasteiger charge is 2.19. The molecule has 3 rings (SSSR count). The van der Waals surface area contributed by atoms with Crippen LogP contribution in [0, 0.1) is 5.92 Å². The summed E-state index contributed by atoms with van der Waals surface area (Å²) in [4.78, 5) is 0. The van der Waals surface area contributed by atoms with E-state index >= 15 is 0 Å². The van der Waals surface area contributed by atoms with Crippen molar-refractivity contribution < 1.29 is 25.2 Å². The third-order valence-electron chi connectivity index (χ3n) is 4.41. The van der Waals surface area contributed by atoms with Gasteiger partial charge in [-0.15, -0.1) is 0 Å². The monoisotopic (exact) mass is 422 g/mol. The van der Waals surface area contributed by atoms with E-state index in [0.717, 1.165) is 39.6 Å². The molecule has 0 aliphatic rings. The lowest BCUT2D eigenvalue weighted by molar-refractivity contribution is 0.186. The minimum Gasteiger partial charge on any atom is -0.270 e. The molecule has 0 aliphatic heterocycles. The maximum atomic E-state index is 11.4. The van der Waals surface area contributed by atoms with Crippen molar-refractivity contribution in [2.75, 3.05) is 25.7 Å². The zero-order valence-electron chi connectivity index (χ0n) is 15.7. The van der Waals surface area contributed by atoms with Crippen LogP contribution in [0.25, 0.3) is 21.5 Å². The summed E-state index contributed by atoms with van der Waals surface area (Å²) in [6.45, 7) is -0.322. The molecule has 0 N–H and O–H groups in total. The number of fused-ring (bicyclic) bond motifs is 2. The van der Waals surface area contributed by atoms with Crippen molar-refractivity contribution >= 4 is 41.8 Å². The average molecular weight is 423 g/mol. The molecule has 0 bridgehead atoms. The van der Waals surface area contributed by atoms with Gasteiger partial charge in [-0.2, -0.15) is 16.8 Å². The Labute approximate surface area is 165 Å². The molecule has 0 radical (unpaired) electrons. The SMILES string of the molecule is CS(=O)(=O)OCC(COS(C)(=O)=O)Cc1c2ccccc2cc2ccccc12. The van der Waals surface area contributed by atoms with Gasteiger partial charge in [0.1, 0.15) is 0 Å². The second kappa shape index (κ2) is 8.16. The lowest BCUT2D eigenvalue weighted by Gasteiger charge is -2.19. The molecule has 8 heteroatoms. The lowest BCUT2D eigenvalue weighted by Crippen LogP contribution is -2.22. The molecule has 0 aromatic heterocycles. The molecular weight excluding hydrogens is 400 g/mol. The van der Waals surface area contributed by atoms with E-state index in [2.05, 4.69) is 6.07 Å². The van der Waals surface area contributed by atoms with Crippen molar-refractivity contribution in [2.45, 2.75) is 6.42 Å². The van der Waals surface area contributed by atoms with Crippen LogP contribution in [-0.4, -0.2) is 42.6 Å². The van der Waals surface area contributed by atoms with E-state index in [1.54, 1.807) is 0 Å². The van der Waals surface area contributed by atoms with Crippen LogP contribution < -0.4 is 0 Å². The van der Waals surface area contributed by atoms with Gasteiger partial charge < -0.3 is 0 Å². The van der Waals surface area contributed by atoms with Gasteiger partial charge in [0.15, 0.2) is 0 Å². The van der Waals surface area contributed by atoms with Crippen molar-refractivity contribution in [2.24, 2.45) is 5.92 Å². The van der Waals surface area contributed by atoms with Crippen LogP contribution in [0.2, 0.25) is 0 Å². The van der Waals surface area contributed by atoms with Crippen LogP contribution in [0.1, 0.15) is 5.56 Å². The first-order chi connectivity index (χ1) is 13.1. The molecule has 0 atom stereocenters. The number of hydrogen-bond donors (Lipinski definition) is 0. The predicted molar refractivity (Wildman–Crippen MR) is 110 cm³/mol. The van der Waals surface area contributed by atoms with E-state index in [1.165, 1.54) is 0 Å². The highest BCUT2D eigenvalue weighted by molar-refractivity contribution is 7.86. The standard InChI is InChI=1S/C20H22O6S2/c1-27(21,22)25-13-15(14-26-28(2,23)24)11-20-18-9-5-3-7-16(18)12-17-8-4-6-10-19(17)20/h3-10,12,15H,11,13-14H2,1-2H3. The fourth-order valence-electron chi connectivity index (χ4n) is 3.22. The molecule has 0 fully saturated rings. The summed E-state index contributed by atoms with van der Waals surface area (Å²) >= 11 is 0. The van der Waals surface area contributed by atoms with E-state index in [4.69, 9.17) is 8.37 Å². The largest absolute Gasteiger partial charge is 0.270 e. The summed E-state index contributed by atoms with van der Waals surface area (Å²) in [6.07, 6.45) is 2.34. The van der Waals surface area contributed by atoms with E-state index in [9.17, 15) is 16.8 Å². The summed E-state index contributed by atoms with van der Waals surface area (Å²) in [5.74, 6) is -0.460. The van der Waals surface area contributed by atoms with Crippen LogP contribution in [0.3, 0.4) is 0 Å². The van der Waals surface area contributed by atoms with Crippen molar-refractivity contribution in [3.8, 4) is 0 Å². The van der Waals surface area contributed by atoms with Crippen molar-refractivity contribution in [1.29, 1.82) is 0 Å². The Morgan fingerprint density at radius 2 is 1.18 bits per heavy atom. The average Bonchev–Trinajstić information content (AvgIpc) is 2.62. The number of benzene rings is 3. The predicted octanol–water partition coefficient (Wildman–Crippen LogP) is 3.10. The summed E-state index contributed by atoms with van der Waals surface area (Å²) in [7, 11) is -7.31. The van der Waals surface area contributed by atoms with Gasteiger partial charge >= 0.3 is 0 Å². The van der Waals surface area contributed by atoms with Crippen molar-refractivity contribution in [3.05, 3.63) is 60.2 Å². The van der Waals surface area contributed by atoms with Gasteiger partial charge in [0.2, 0.25) is 0 Å². The quantitative estimate of drug-likeness (QED) is 0.410. The normalized spacial score (nSPS) is 12.8. The van der Waals surface area contributed by atoms with Gasteiger partial charge in [-0.3, -0.25) is 8.37 Å². The van der Waals surface area contributed by atoms with E-state index < -0.39 is 26.2 Å². The first kappa shape index (κ1) is 20.7. The second-order valence-corrected chi connectivity index (χ2v) is 10.1. The summed E-state index contributed by atoms with van der Waals surface area (Å²) in [5, 5.41) is 4.18. The summed E-state index contributed by atoms with van der Waals surface area (Å²) < 4.78 is 55.6. The highest BCUT2D eigenvalue weighted by atomic mass is 32.2. The highest BCUT2D eigenvalue weighted by Crippen LogP contribution is 2.30. The Bertz CT molecular complexity index is 1110. The minimum atomic E-state index is -3.66. The zero-order valence-corrected chi connectivity index (χ0v) is 17.3. The lowest BCUT2D eigenvalue weighted by atomic mass is 9.91. The third kappa shape index (κ3) is 5.51. The van der Waals surface area contributed by atoms with E-state index in [-0.39, 0.29) is 13.2 Å². The molecule has 0 saturated heterocycles. The van der Waals surface area contributed by atoms with Crippen LogP contribution >= 0.6 is 0 Å². The summed E-state index contributed by atoms with van der Waals surface area (Å²) in [6, 6.07) is 17.9. The Morgan fingerprint density at radius 3 is 1.61 bits per heavy atom. The van der Waals surface area contributed by atoms with Crippen molar-refractivity contribution in [1.82, 2.24) is 0 Å². The molecule has 0 amide bonds. The Morgan fingerprint density at radius 1 is 0.750 bits per heavy atom. The first-order valence-electron chi connectivity index (χ1n) is 8.70. The Kier molecular flexibility index (Phi) is 6.04. The molecule has 3 aromatic rings. The number of hydrogen-bond acceptors (Lipinski definition) is 6.